The topological polar surface area (TPSA) is 56.7 Å². The van der Waals surface area contributed by atoms with E-state index < -0.39 is 0 Å². The third-order valence-corrected chi connectivity index (χ3v) is 3.23. The van der Waals surface area contributed by atoms with Gasteiger partial charge < -0.3 is 5.73 Å². The molecule has 2 heterocycles. The molecule has 0 atom stereocenters. The molecule has 2 aromatic heterocycles. The molecule has 0 fully saturated rings. The van der Waals surface area contributed by atoms with Crippen molar-refractivity contribution in [3.63, 3.8) is 0 Å². The fraction of sp³-hybridized carbons (Fsp3) is 0. The van der Waals surface area contributed by atoms with Crippen molar-refractivity contribution < 1.29 is 0 Å². The summed E-state index contributed by atoms with van der Waals surface area (Å²) in [7, 11) is 0. The van der Waals surface area contributed by atoms with Crippen LogP contribution in [0.2, 0.25) is 0 Å². The number of nitrogen functional groups attached to an aromatic ring is 1. The zero-order chi connectivity index (χ0) is 11.7. The largest absolute Gasteiger partial charge is 0.398 e. The molecule has 3 aromatic rings. The molecule has 4 nitrogen and oxygen atoms in total. The molecule has 0 spiro atoms. The summed E-state index contributed by atoms with van der Waals surface area (Å²) in [5.74, 6) is 0. The summed E-state index contributed by atoms with van der Waals surface area (Å²) < 4.78 is 1.76. The maximum absolute atomic E-state index is 5.93. The standard InChI is InChI=1S/C12H10N4S/c13-11-4-2-1-3-10(11)9-7-15-16(8-9)12-14-5-6-17-12/h1-8H,13H2. The van der Waals surface area contributed by atoms with Crippen LogP contribution in [-0.4, -0.2) is 14.8 Å². The van der Waals surface area contributed by atoms with Gasteiger partial charge in [0.2, 0.25) is 5.13 Å². The number of aromatic nitrogens is 3. The van der Waals surface area contributed by atoms with E-state index in [2.05, 4.69) is 10.1 Å². The van der Waals surface area contributed by atoms with Crippen LogP contribution in [0.4, 0.5) is 5.69 Å². The highest BCUT2D eigenvalue weighted by atomic mass is 32.1. The summed E-state index contributed by atoms with van der Waals surface area (Å²) in [6.07, 6.45) is 5.50. The maximum atomic E-state index is 5.93. The molecule has 0 amide bonds. The molecule has 1 aromatic carbocycles. The van der Waals surface area contributed by atoms with Crippen LogP contribution in [0.3, 0.4) is 0 Å². The number of thiazole rings is 1. The minimum atomic E-state index is 0.756. The fourth-order valence-corrected chi connectivity index (χ4v) is 2.23. The van der Waals surface area contributed by atoms with Crippen molar-refractivity contribution in [1.82, 2.24) is 14.8 Å². The van der Waals surface area contributed by atoms with Crippen molar-refractivity contribution >= 4 is 17.0 Å². The van der Waals surface area contributed by atoms with Crippen molar-refractivity contribution in [2.75, 3.05) is 5.73 Å². The van der Waals surface area contributed by atoms with Crippen molar-refractivity contribution in [2.45, 2.75) is 0 Å². The molecule has 0 aliphatic rings. The monoisotopic (exact) mass is 242 g/mol. The number of para-hydroxylation sites is 1. The summed E-state index contributed by atoms with van der Waals surface area (Å²) >= 11 is 1.55. The molecule has 0 aliphatic heterocycles. The van der Waals surface area contributed by atoms with E-state index in [0.29, 0.717) is 0 Å². The van der Waals surface area contributed by atoms with E-state index in [0.717, 1.165) is 21.9 Å². The summed E-state index contributed by atoms with van der Waals surface area (Å²) in [5, 5.41) is 7.06. The van der Waals surface area contributed by atoms with E-state index in [1.165, 1.54) is 0 Å². The Kier molecular flexibility index (Phi) is 2.38. The molecular formula is C12H10N4S. The van der Waals surface area contributed by atoms with Gasteiger partial charge in [-0.1, -0.05) is 18.2 Å². The zero-order valence-corrected chi connectivity index (χ0v) is 9.76. The highest BCUT2D eigenvalue weighted by molar-refractivity contribution is 7.12. The lowest BCUT2D eigenvalue weighted by atomic mass is 10.1. The number of hydrogen-bond donors (Lipinski definition) is 1. The lowest BCUT2D eigenvalue weighted by Gasteiger charge is -2.00. The minimum absolute atomic E-state index is 0.756. The molecule has 0 radical (unpaired) electrons. The van der Waals surface area contributed by atoms with Crippen LogP contribution < -0.4 is 5.73 Å². The van der Waals surface area contributed by atoms with E-state index in [1.807, 2.05) is 35.8 Å². The SMILES string of the molecule is Nc1ccccc1-c1cnn(-c2nccs2)c1. The van der Waals surface area contributed by atoms with Gasteiger partial charge in [0.15, 0.2) is 0 Å². The molecule has 84 valence electrons. The summed E-state index contributed by atoms with van der Waals surface area (Å²) in [5.41, 5.74) is 8.68. The number of anilines is 1. The molecular weight excluding hydrogens is 232 g/mol. The number of nitrogens with two attached hydrogens (primary N) is 1. The molecule has 2 N–H and O–H groups in total. The van der Waals surface area contributed by atoms with Gasteiger partial charge >= 0.3 is 0 Å². The Balaban J connectivity index is 2.04. The number of rotatable bonds is 2. The molecule has 0 aliphatic carbocycles. The first kappa shape index (κ1) is 10.0. The van der Waals surface area contributed by atoms with Gasteiger partial charge in [-0.05, 0) is 6.07 Å². The fourth-order valence-electron chi connectivity index (χ4n) is 1.66. The van der Waals surface area contributed by atoms with Crippen molar-refractivity contribution in [3.05, 3.63) is 48.2 Å². The predicted molar refractivity (Wildman–Crippen MR) is 69.1 cm³/mol. The van der Waals surface area contributed by atoms with Crippen LogP contribution in [0.15, 0.2) is 48.2 Å². The Morgan fingerprint density at radius 1 is 1.24 bits per heavy atom. The van der Waals surface area contributed by atoms with Gasteiger partial charge in [-0.2, -0.15) is 5.10 Å². The Morgan fingerprint density at radius 3 is 2.88 bits per heavy atom. The van der Waals surface area contributed by atoms with Gasteiger partial charge in [-0.3, -0.25) is 0 Å². The van der Waals surface area contributed by atoms with Crippen molar-refractivity contribution in [2.24, 2.45) is 0 Å². The molecule has 0 saturated carbocycles. The van der Waals surface area contributed by atoms with Gasteiger partial charge in [0, 0.05) is 34.6 Å². The van der Waals surface area contributed by atoms with Crippen LogP contribution in [0, 0.1) is 0 Å². The van der Waals surface area contributed by atoms with Crippen LogP contribution >= 0.6 is 11.3 Å². The van der Waals surface area contributed by atoms with E-state index in [-0.39, 0.29) is 0 Å². The molecule has 17 heavy (non-hydrogen) atoms. The average molecular weight is 242 g/mol. The number of nitrogens with zero attached hydrogens (tertiary/aromatic N) is 3. The summed E-state index contributed by atoms with van der Waals surface area (Å²) in [6, 6.07) is 7.76. The van der Waals surface area contributed by atoms with E-state index >= 15 is 0 Å². The van der Waals surface area contributed by atoms with Gasteiger partial charge in [0.25, 0.3) is 0 Å². The molecule has 0 unspecified atom stereocenters. The molecule has 3 rings (SSSR count). The first-order chi connectivity index (χ1) is 8.34. The quantitative estimate of drug-likeness (QED) is 0.703. The lowest BCUT2D eigenvalue weighted by Crippen LogP contribution is -1.92. The molecule has 0 saturated heterocycles. The van der Waals surface area contributed by atoms with Crippen LogP contribution in [-0.2, 0) is 0 Å². The lowest BCUT2D eigenvalue weighted by molar-refractivity contribution is 0.870. The van der Waals surface area contributed by atoms with E-state index in [9.17, 15) is 0 Å². The Morgan fingerprint density at radius 2 is 2.12 bits per heavy atom. The van der Waals surface area contributed by atoms with Gasteiger partial charge in [-0.25, -0.2) is 9.67 Å². The third-order valence-electron chi connectivity index (χ3n) is 2.47. The Hall–Kier alpha value is -2.14. The highest BCUT2D eigenvalue weighted by Gasteiger charge is 2.06. The average Bonchev–Trinajstić information content (AvgIpc) is 3.00. The van der Waals surface area contributed by atoms with E-state index in [1.54, 1.807) is 28.4 Å². The summed E-state index contributed by atoms with van der Waals surface area (Å²) in [6.45, 7) is 0. The van der Waals surface area contributed by atoms with Crippen molar-refractivity contribution in [3.8, 4) is 16.3 Å². The second-order valence-electron chi connectivity index (χ2n) is 3.58. The van der Waals surface area contributed by atoms with Crippen LogP contribution in [0.1, 0.15) is 0 Å². The highest BCUT2D eigenvalue weighted by Crippen LogP contribution is 2.25. The Labute approximate surface area is 102 Å². The normalized spacial score (nSPS) is 10.6. The maximum Gasteiger partial charge on any atom is 0.210 e. The smallest absolute Gasteiger partial charge is 0.210 e. The van der Waals surface area contributed by atoms with Crippen LogP contribution in [0.25, 0.3) is 16.3 Å². The third kappa shape index (κ3) is 1.81. The number of benzene rings is 1. The van der Waals surface area contributed by atoms with Gasteiger partial charge in [0.1, 0.15) is 0 Å². The van der Waals surface area contributed by atoms with E-state index in [4.69, 9.17) is 5.73 Å². The Bertz CT molecular complexity index is 628. The molecule has 5 heteroatoms. The van der Waals surface area contributed by atoms with Gasteiger partial charge in [0.05, 0.1) is 6.20 Å². The summed E-state index contributed by atoms with van der Waals surface area (Å²) in [4.78, 5) is 4.20. The number of hydrogen-bond acceptors (Lipinski definition) is 4. The van der Waals surface area contributed by atoms with Crippen LogP contribution in [0.5, 0.6) is 0 Å². The van der Waals surface area contributed by atoms with Crippen molar-refractivity contribution in [1.29, 1.82) is 0 Å². The second-order valence-corrected chi connectivity index (χ2v) is 4.45. The minimum Gasteiger partial charge on any atom is -0.398 e. The molecule has 0 bridgehead atoms. The predicted octanol–water partition coefficient (Wildman–Crippen LogP) is 2.58. The first-order valence-corrected chi connectivity index (χ1v) is 6.02. The van der Waals surface area contributed by atoms with Gasteiger partial charge in [-0.15, -0.1) is 11.3 Å². The second kappa shape index (κ2) is 4.03. The zero-order valence-electron chi connectivity index (χ0n) is 8.95. The first-order valence-electron chi connectivity index (χ1n) is 5.14.